The zero-order chi connectivity index (χ0) is 12.5. The Morgan fingerprint density at radius 1 is 1.53 bits per heavy atom. The average molecular weight is 275 g/mol. The molecule has 0 bridgehead atoms. The molecule has 0 spiro atoms. The van der Waals surface area contributed by atoms with Gasteiger partial charge in [-0.3, -0.25) is 4.79 Å². The van der Waals surface area contributed by atoms with Gasteiger partial charge in [0, 0.05) is 6.42 Å². The third kappa shape index (κ3) is 3.47. The number of rotatable bonds is 3. The molecule has 0 saturated carbocycles. The Kier molecular flexibility index (Phi) is 3.43. The van der Waals surface area contributed by atoms with E-state index < -0.39 is 9.84 Å². The van der Waals surface area contributed by atoms with Crippen molar-refractivity contribution < 1.29 is 13.2 Å². The number of anilines is 1. The first-order valence-corrected chi connectivity index (χ1v) is 7.89. The Morgan fingerprint density at radius 2 is 2.29 bits per heavy atom. The van der Waals surface area contributed by atoms with Gasteiger partial charge in [-0.2, -0.15) is 0 Å². The van der Waals surface area contributed by atoms with Crippen molar-refractivity contribution in [2.24, 2.45) is 5.92 Å². The Morgan fingerprint density at radius 3 is 2.82 bits per heavy atom. The van der Waals surface area contributed by atoms with Crippen LogP contribution in [0.15, 0.2) is 0 Å². The number of carbonyl (C=O) groups excluding carboxylic acids is 1. The number of aromatic nitrogens is 2. The molecule has 8 heteroatoms. The van der Waals surface area contributed by atoms with Crippen LogP contribution in [0.1, 0.15) is 17.8 Å². The first-order valence-electron chi connectivity index (χ1n) is 5.25. The maximum atomic E-state index is 11.6. The standard InChI is InChI=1S/C9H13N3O3S2/c1-6-11-12-9(16-6)10-8(13)4-7-2-3-17(14,15)5-7/h7H,2-5H2,1H3,(H,10,12,13)/t7-/m0/s1. The summed E-state index contributed by atoms with van der Waals surface area (Å²) in [6.07, 6.45) is 0.808. The van der Waals surface area contributed by atoms with Crippen molar-refractivity contribution in [1.82, 2.24) is 10.2 Å². The van der Waals surface area contributed by atoms with E-state index in [0.717, 1.165) is 5.01 Å². The highest BCUT2D eigenvalue weighted by Gasteiger charge is 2.29. The summed E-state index contributed by atoms with van der Waals surface area (Å²) in [5.41, 5.74) is 0. The van der Waals surface area contributed by atoms with Crippen LogP contribution in [0.25, 0.3) is 0 Å². The van der Waals surface area contributed by atoms with Gasteiger partial charge < -0.3 is 5.32 Å². The Hall–Kier alpha value is -1.02. The lowest BCUT2D eigenvalue weighted by molar-refractivity contribution is -0.116. The highest BCUT2D eigenvalue weighted by atomic mass is 32.2. The second-order valence-electron chi connectivity index (χ2n) is 4.15. The fourth-order valence-corrected chi connectivity index (χ4v) is 4.28. The Labute approximate surface area is 103 Å². The topological polar surface area (TPSA) is 89.0 Å². The molecule has 0 aromatic carbocycles. The fourth-order valence-electron chi connectivity index (χ4n) is 1.81. The molecule has 1 aromatic rings. The number of hydrogen-bond donors (Lipinski definition) is 1. The van der Waals surface area contributed by atoms with Crippen LogP contribution in [0.4, 0.5) is 5.13 Å². The van der Waals surface area contributed by atoms with Crippen molar-refractivity contribution in [1.29, 1.82) is 0 Å². The second kappa shape index (κ2) is 4.69. The molecule has 1 saturated heterocycles. The number of aryl methyl sites for hydroxylation is 1. The highest BCUT2D eigenvalue weighted by Crippen LogP contribution is 2.22. The molecule has 2 rings (SSSR count). The molecule has 1 aromatic heterocycles. The zero-order valence-corrected chi connectivity index (χ0v) is 11.0. The predicted molar refractivity (Wildman–Crippen MR) is 64.7 cm³/mol. The van der Waals surface area contributed by atoms with Gasteiger partial charge in [-0.1, -0.05) is 11.3 Å². The van der Waals surface area contributed by atoms with Crippen LogP contribution in [0.3, 0.4) is 0 Å². The van der Waals surface area contributed by atoms with Crippen molar-refractivity contribution >= 4 is 32.2 Å². The molecule has 1 aliphatic rings. The van der Waals surface area contributed by atoms with Gasteiger partial charge in [0.05, 0.1) is 11.5 Å². The molecule has 6 nitrogen and oxygen atoms in total. The number of amides is 1. The quantitative estimate of drug-likeness (QED) is 0.873. The molecule has 2 heterocycles. The summed E-state index contributed by atoms with van der Waals surface area (Å²) in [5.74, 6) is 0.0654. The van der Waals surface area contributed by atoms with Crippen molar-refractivity contribution in [3.05, 3.63) is 5.01 Å². The summed E-state index contributed by atoms with van der Waals surface area (Å²) in [5, 5.41) is 11.4. The van der Waals surface area contributed by atoms with E-state index in [1.807, 2.05) is 0 Å². The van der Waals surface area contributed by atoms with Crippen LogP contribution in [-0.4, -0.2) is 36.0 Å². The molecule has 0 unspecified atom stereocenters. The molecule has 1 atom stereocenters. The van der Waals surface area contributed by atoms with Gasteiger partial charge in [0.15, 0.2) is 9.84 Å². The van der Waals surface area contributed by atoms with E-state index in [1.165, 1.54) is 11.3 Å². The summed E-state index contributed by atoms with van der Waals surface area (Å²) < 4.78 is 22.5. The van der Waals surface area contributed by atoms with E-state index in [9.17, 15) is 13.2 Å². The van der Waals surface area contributed by atoms with Gasteiger partial charge in [0.1, 0.15) is 5.01 Å². The first-order chi connectivity index (χ1) is 7.94. The number of sulfone groups is 1. The maximum absolute atomic E-state index is 11.6. The minimum atomic E-state index is -2.92. The molecular formula is C9H13N3O3S2. The number of nitrogens with zero attached hydrogens (tertiary/aromatic N) is 2. The summed E-state index contributed by atoms with van der Waals surface area (Å²) in [6.45, 7) is 1.80. The lowest BCUT2D eigenvalue weighted by Crippen LogP contribution is -2.17. The van der Waals surface area contributed by atoms with E-state index in [1.54, 1.807) is 6.92 Å². The smallest absolute Gasteiger partial charge is 0.226 e. The van der Waals surface area contributed by atoms with E-state index in [4.69, 9.17) is 0 Å². The van der Waals surface area contributed by atoms with Crippen LogP contribution in [0.2, 0.25) is 0 Å². The number of carbonyl (C=O) groups is 1. The van der Waals surface area contributed by atoms with Crippen molar-refractivity contribution in [3.8, 4) is 0 Å². The normalized spacial score (nSPS) is 22.5. The average Bonchev–Trinajstić information content (AvgIpc) is 2.73. The Balaban J connectivity index is 1.86. The minimum Gasteiger partial charge on any atom is -0.301 e. The number of hydrogen-bond acceptors (Lipinski definition) is 6. The first kappa shape index (κ1) is 12.4. The fraction of sp³-hybridized carbons (Fsp3) is 0.667. The monoisotopic (exact) mass is 275 g/mol. The molecule has 0 radical (unpaired) electrons. The largest absolute Gasteiger partial charge is 0.301 e. The molecule has 1 aliphatic heterocycles. The maximum Gasteiger partial charge on any atom is 0.226 e. The zero-order valence-electron chi connectivity index (χ0n) is 9.34. The van der Waals surface area contributed by atoms with Gasteiger partial charge >= 0.3 is 0 Å². The summed E-state index contributed by atoms with van der Waals surface area (Å²) in [6, 6.07) is 0. The molecule has 1 fully saturated rings. The van der Waals surface area contributed by atoms with Crippen molar-refractivity contribution in [2.45, 2.75) is 19.8 Å². The molecule has 17 heavy (non-hydrogen) atoms. The molecule has 1 N–H and O–H groups in total. The summed E-state index contributed by atoms with van der Waals surface area (Å²) >= 11 is 1.30. The van der Waals surface area contributed by atoms with Crippen molar-refractivity contribution in [3.63, 3.8) is 0 Å². The van der Waals surface area contributed by atoms with Crippen molar-refractivity contribution in [2.75, 3.05) is 16.8 Å². The number of nitrogens with one attached hydrogen (secondary N) is 1. The van der Waals surface area contributed by atoms with Crippen LogP contribution < -0.4 is 5.32 Å². The SMILES string of the molecule is Cc1nnc(NC(=O)C[C@@H]2CCS(=O)(=O)C2)s1. The highest BCUT2D eigenvalue weighted by molar-refractivity contribution is 7.91. The van der Waals surface area contributed by atoms with Gasteiger partial charge in [-0.15, -0.1) is 10.2 Å². The van der Waals surface area contributed by atoms with E-state index in [-0.39, 0.29) is 29.8 Å². The van der Waals surface area contributed by atoms with E-state index >= 15 is 0 Å². The van der Waals surface area contributed by atoms with Crippen LogP contribution in [0.5, 0.6) is 0 Å². The second-order valence-corrected chi connectivity index (χ2v) is 7.56. The van der Waals surface area contributed by atoms with Crippen LogP contribution in [0, 0.1) is 12.8 Å². The minimum absolute atomic E-state index is 0.0611. The molecule has 94 valence electrons. The lowest BCUT2D eigenvalue weighted by atomic mass is 10.1. The van der Waals surface area contributed by atoms with Crippen LogP contribution >= 0.6 is 11.3 Å². The third-order valence-corrected chi connectivity index (χ3v) is 5.16. The third-order valence-electron chi connectivity index (χ3n) is 2.57. The Bertz CT molecular complexity index is 523. The predicted octanol–water partition coefficient (Wildman–Crippen LogP) is 0.610. The van der Waals surface area contributed by atoms with Crippen LogP contribution in [-0.2, 0) is 14.6 Å². The van der Waals surface area contributed by atoms with E-state index in [0.29, 0.717) is 11.6 Å². The summed E-state index contributed by atoms with van der Waals surface area (Å²) in [7, 11) is -2.92. The van der Waals surface area contributed by atoms with Gasteiger partial charge in [-0.05, 0) is 19.3 Å². The summed E-state index contributed by atoms with van der Waals surface area (Å²) in [4.78, 5) is 11.6. The van der Waals surface area contributed by atoms with E-state index in [2.05, 4.69) is 15.5 Å². The molecule has 0 aliphatic carbocycles. The molecular weight excluding hydrogens is 262 g/mol. The van der Waals surface area contributed by atoms with Gasteiger partial charge in [0.25, 0.3) is 0 Å². The lowest BCUT2D eigenvalue weighted by Gasteiger charge is -2.05. The van der Waals surface area contributed by atoms with Gasteiger partial charge in [0.2, 0.25) is 11.0 Å². The molecule has 1 amide bonds. The van der Waals surface area contributed by atoms with Gasteiger partial charge in [-0.25, -0.2) is 8.42 Å².